The minimum absolute atomic E-state index is 0.194. The minimum atomic E-state index is -4.85. The Bertz CT molecular complexity index is 1100. The van der Waals surface area contributed by atoms with Crippen molar-refractivity contribution in [2.45, 2.75) is 62.8 Å². The van der Waals surface area contributed by atoms with Crippen molar-refractivity contribution in [2.24, 2.45) is 0 Å². The SMILES string of the molecule is CC(C)(CC(O)(CC1Cc2nc(C#N)ccc2N1)C(F)(F)F)c1cc(Cl)cc2c1OCC2. The normalized spacial score (nSPS) is 19.4. The third-order valence-electron chi connectivity index (χ3n) is 6.21. The van der Waals surface area contributed by atoms with Crippen molar-refractivity contribution in [2.75, 3.05) is 11.9 Å². The van der Waals surface area contributed by atoms with Gasteiger partial charge in [0.15, 0.2) is 5.60 Å². The summed E-state index contributed by atoms with van der Waals surface area (Å²) in [4.78, 5) is 4.17. The number of hydrogen-bond donors (Lipinski definition) is 2. The van der Waals surface area contributed by atoms with Gasteiger partial charge in [0.1, 0.15) is 17.5 Å². The van der Waals surface area contributed by atoms with E-state index in [9.17, 15) is 18.3 Å². The topological polar surface area (TPSA) is 78.2 Å². The predicted molar refractivity (Wildman–Crippen MR) is 114 cm³/mol. The van der Waals surface area contributed by atoms with Gasteiger partial charge in [-0.25, -0.2) is 4.98 Å². The maximum absolute atomic E-state index is 14.2. The van der Waals surface area contributed by atoms with E-state index < -0.39 is 36.1 Å². The molecule has 9 heteroatoms. The summed E-state index contributed by atoms with van der Waals surface area (Å²) in [6.45, 7) is 3.77. The van der Waals surface area contributed by atoms with Crippen LogP contribution in [0.4, 0.5) is 18.9 Å². The Labute approximate surface area is 189 Å². The number of benzene rings is 1. The van der Waals surface area contributed by atoms with Crippen molar-refractivity contribution in [1.29, 1.82) is 5.26 Å². The van der Waals surface area contributed by atoms with E-state index in [1.807, 2.05) is 6.07 Å². The van der Waals surface area contributed by atoms with Crippen molar-refractivity contribution in [1.82, 2.24) is 4.98 Å². The molecule has 0 radical (unpaired) electrons. The summed E-state index contributed by atoms with van der Waals surface area (Å²) in [6.07, 6.45) is -5.13. The van der Waals surface area contributed by atoms with E-state index in [0.29, 0.717) is 40.7 Å². The van der Waals surface area contributed by atoms with Gasteiger partial charge in [-0.2, -0.15) is 18.4 Å². The Morgan fingerprint density at radius 3 is 2.75 bits per heavy atom. The Kier molecular flexibility index (Phi) is 5.54. The fourth-order valence-corrected chi connectivity index (χ4v) is 5.01. The van der Waals surface area contributed by atoms with Gasteiger partial charge >= 0.3 is 6.18 Å². The number of anilines is 1. The Balaban J connectivity index is 1.61. The molecule has 0 saturated carbocycles. The molecule has 32 heavy (non-hydrogen) atoms. The van der Waals surface area contributed by atoms with Crippen LogP contribution in [-0.4, -0.2) is 34.5 Å². The van der Waals surface area contributed by atoms with Crippen LogP contribution >= 0.6 is 11.6 Å². The number of nitriles is 1. The molecule has 2 unspecified atom stereocenters. The Morgan fingerprint density at radius 2 is 2.06 bits per heavy atom. The van der Waals surface area contributed by atoms with Gasteiger partial charge in [-0.15, -0.1) is 0 Å². The molecule has 0 amide bonds. The number of alkyl halides is 3. The number of hydrogen-bond acceptors (Lipinski definition) is 5. The van der Waals surface area contributed by atoms with Crippen molar-refractivity contribution in [3.63, 3.8) is 0 Å². The van der Waals surface area contributed by atoms with Gasteiger partial charge in [0.05, 0.1) is 18.0 Å². The first-order valence-electron chi connectivity index (χ1n) is 10.3. The molecule has 5 nitrogen and oxygen atoms in total. The lowest BCUT2D eigenvalue weighted by Crippen LogP contribution is -2.51. The quantitative estimate of drug-likeness (QED) is 0.654. The second-order valence-corrected chi connectivity index (χ2v) is 9.62. The predicted octanol–water partition coefficient (Wildman–Crippen LogP) is 4.93. The smallest absolute Gasteiger partial charge is 0.417 e. The summed E-state index contributed by atoms with van der Waals surface area (Å²) in [6, 6.07) is 7.78. The zero-order valence-electron chi connectivity index (χ0n) is 17.7. The van der Waals surface area contributed by atoms with Gasteiger partial charge in [0.25, 0.3) is 0 Å². The first-order chi connectivity index (χ1) is 14.9. The number of nitrogens with one attached hydrogen (secondary N) is 1. The number of pyridine rings is 1. The number of aromatic nitrogens is 1. The highest BCUT2D eigenvalue weighted by Gasteiger charge is 2.57. The number of aliphatic hydroxyl groups is 1. The molecule has 4 rings (SSSR count). The molecule has 2 aliphatic rings. The fourth-order valence-electron chi connectivity index (χ4n) is 4.77. The summed E-state index contributed by atoms with van der Waals surface area (Å²) < 4.78 is 48.3. The molecule has 0 bridgehead atoms. The van der Waals surface area contributed by atoms with Crippen LogP contribution < -0.4 is 10.1 Å². The summed E-state index contributed by atoms with van der Waals surface area (Å²) >= 11 is 6.23. The van der Waals surface area contributed by atoms with E-state index in [2.05, 4.69) is 10.3 Å². The zero-order valence-corrected chi connectivity index (χ0v) is 18.4. The number of nitrogens with zero attached hydrogens (tertiary/aromatic N) is 2. The molecule has 2 N–H and O–H groups in total. The molecule has 170 valence electrons. The largest absolute Gasteiger partial charge is 0.493 e. The standard InChI is InChI=1S/C23H23ClF3N3O2/c1-21(2,17-8-14(24)7-13-5-6-32-20(13)17)12-22(31,23(25,26)27)10-16-9-19-18(30-16)4-3-15(11-28)29-19/h3-4,7-8,16,30-31H,5-6,9-10,12H2,1-2H3. The molecule has 0 aliphatic carbocycles. The van der Waals surface area contributed by atoms with Gasteiger partial charge in [-0.1, -0.05) is 25.4 Å². The highest BCUT2D eigenvalue weighted by atomic mass is 35.5. The number of fused-ring (bicyclic) bond motifs is 2. The highest BCUT2D eigenvalue weighted by Crippen LogP contribution is 2.48. The second kappa shape index (κ2) is 7.82. The van der Waals surface area contributed by atoms with Crippen LogP contribution in [0.1, 0.15) is 49.2 Å². The van der Waals surface area contributed by atoms with Crippen molar-refractivity contribution < 1.29 is 23.0 Å². The van der Waals surface area contributed by atoms with Crippen LogP contribution in [0.5, 0.6) is 5.75 Å². The van der Waals surface area contributed by atoms with Crippen molar-refractivity contribution >= 4 is 17.3 Å². The molecule has 3 heterocycles. The molecule has 1 aromatic heterocycles. The second-order valence-electron chi connectivity index (χ2n) is 9.18. The molecule has 0 saturated heterocycles. The summed E-state index contributed by atoms with van der Waals surface area (Å²) in [7, 11) is 0. The molecule has 0 spiro atoms. The van der Waals surface area contributed by atoms with Crippen molar-refractivity contribution in [3.05, 3.63) is 51.8 Å². The Hall–Kier alpha value is -2.50. The molecular weight excluding hydrogens is 443 g/mol. The van der Waals surface area contributed by atoms with Gasteiger partial charge < -0.3 is 15.2 Å². The molecular formula is C23H23ClF3N3O2. The van der Waals surface area contributed by atoms with Gasteiger partial charge in [-0.05, 0) is 41.7 Å². The lowest BCUT2D eigenvalue weighted by atomic mass is 9.72. The summed E-state index contributed by atoms with van der Waals surface area (Å²) in [5.41, 5.74) is -1.29. The summed E-state index contributed by atoms with van der Waals surface area (Å²) in [5.74, 6) is 0.559. The average molecular weight is 466 g/mol. The molecule has 0 fully saturated rings. The van der Waals surface area contributed by atoms with E-state index in [1.54, 1.807) is 32.0 Å². The molecule has 2 aromatic rings. The first kappa shape index (κ1) is 22.7. The maximum atomic E-state index is 14.2. The van der Waals surface area contributed by atoms with Crippen LogP contribution in [0, 0.1) is 11.3 Å². The van der Waals surface area contributed by atoms with Crippen LogP contribution in [0.15, 0.2) is 24.3 Å². The average Bonchev–Trinajstić information content (AvgIpc) is 3.30. The van der Waals surface area contributed by atoms with Gasteiger partial charge in [0, 0.05) is 35.9 Å². The first-order valence-corrected chi connectivity index (χ1v) is 10.7. The zero-order chi connectivity index (χ0) is 23.3. The van der Waals surface area contributed by atoms with Gasteiger partial charge in [0.2, 0.25) is 0 Å². The fraction of sp³-hybridized carbons (Fsp3) is 0.478. The Morgan fingerprint density at radius 1 is 1.31 bits per heavy atom. The summed E-state index contributed by atoms with van der Waals surface area (Å²) in [5, 5.41) is 23.4. The highest BCUT2D eigenvalue weighted by molar-refractivity contribution is 6.30. The third-order valence-corrected chi connectivity index (χ3v) is 6.43. The van der Waals surface area contributed by atoms with E-state index in [-0.39, 0.29) is 12.1 Å². The van der Waals surface area contributed by atoms with E-state index >= 15 is 0 Å². The number of rotatable bonds is 5. The maximum Gasteiger partial charge on any atom is 0.417 e. The number of halogens is 4. The van der Waals surface area contributed by atoms with Crippen LogP contribution in [0.25, 0.3) is 0 Å². The lowest BCUT2D eigenvalue weighted by molar-refractivity contribution is -0.270. The monoisotopic (exact) mass is 465 g/mol. The third kappa shape index (κ3) is 4.12. The number of ether oxygens (including phenoxy) is 1. The van der Waals surface area contributed by atoms with E-state index in [4.69, 9.17) is 21.6 Å². The molecule has 2 aliphatic heterocycles. The van der Waals surface area contributed by atoms with Gasteiger partial charge in [-0.3, -0.25) is 0 Å². The molecule has 2 atom stereocenters. The lowest BCUT2D eigenvalue weighted by Gasteiger charge is -2.39. The van der Waals surface area contributed by atoms with Crippen molar-refractivity contribution in [3.8, 4) is 11.8 Å². The molecule has 1 aromatic carbocycles. The minimum Gasteiger partial charge on any atom is -0.493 e. The van der Waals surface area contributed by atoms with Crippen LogP contribution in [0.3, 0.4) is 0 Å². The van der Waals surface area contributed by atoms with Crippen LogP contribution in [-0.2, 0) is 18.3 Å². The van der Waals surface area contributed by atoms with E-state index in [0.717, 1.165) is 5.56 Å². The van der Waals surface area contributed by atoms with E-state index in [1.165, 1.54) is 6.07 Å². The van der Waals surface area contributed by atoms with Crippen LogP contribution in [0.2, 0.25) is 5.02 Å².